The third-order valence-corrected chi connectivity index (χ3v) is 7.34. The number of nitrogens with one attached hydrogen (secondary N) is 1. The highest BCUT2D eigenvalue weighted by Gasteiger charge is 2.17. The van der Waals surface area contributed by atoms with Crippen LogP contribution in [-0.4, -0.2) is 48.2 Å². The van der Waals surface area contributed by atoms with E-state index in [9.17, 15) is 0 Å². The van der Waals surface area contributed by atoms with E-state index in [1.54, 1.807) is 18.4 Å². The fraction of sp³-hybridized carbons (Fsp3) is 0.522. The van der Waals surface area contributed by atoms with Crippen molar-refractivity contribution in [3.63, 3.8) is 0 Å². The highest BCUT2D eigenvalue weighted by molar-refractivity contribution is 7.80. The van der Waals surface area contributed by atoms with Crippen molar-refractivity contribution in [2.24, 2.45) is 5.92 Å². The molecule has 0 amide bonds. The zero-order chi connectivity index (χ0) is 21.5. The van der Waals surface area contributed by atoms with Gasteiger partial charge in [0.15, 0.2) is 5.11 Å². The third-order valence-electron chi connectivity index (χ3n) is 5.71. The van der Waals surface area contributed by atoms with Gasteiger partial charge in [-0.1, -0.05) is 24.6 Å². The molecular weight excluding hydrogens is 434 g/mol. The van der Waals surface area contributed by atoms with Gasteiger partial charge in [-0.25, -0.2) is 0 Å². The number of thiophene rings is 1. The van der Waals surface area contributed by atoms with Gasteiger partial charge in [0.2, 0.25) is 0 Å². The van der Waals surface area contributed by atoms with Crippen LogP contribution in [0.4, 0.5) is 5.69 Å². The molecule has 1 aliphatic heterocycles. The lowest BCUT2D eigenvalue weighted by Crippen LogP contribution is -2.38. The minimum Gasteiger partial charge on any atom is -0.495 e. The Kier molecular flexibility index (Phi) is 8.81. The summed E-state index contributed by atoms with van der Waals surface area (Å²) in [6, 6.07) is 8.09. The second-order valence-corrected chi connectivity index (χ2v) is 9.94. The summed E-state index contributed by atoms with van der Waals surface area (Å²) in [6.07, 6.45) is 3.72. The van der Waals surface area contributed by atoms with Gasteiger partial charge in [0.25, 0.3) is 0 Å². The molecule has 4 nitrogen and oxygen atoms in total. The van der Waals surface area contributed by atoms with Crippen molar-refractivity contribution in [1.82, 2.24) is 9.80 Å². The summed E-state index contributed by atoms with van der Waals surface area (Å²) < 4.78 is 5.51. The van der Waals surface area contributed by atoms with Crippen LogP contribution in [0.3, 0.4) is 0 Å². The Bertz CT molecular complexity index is 820. The lowest BCUT2D eigenvalue weighted by molar-refractivity contribution is 0.186. The van der Waals surface area contributed by atoms with Gasteiger partial charge in [0.1, 0.15) is 5.75 Å². The topological polar surface area (TPSA) is 27.7 Å². The van der Waals surface area contributed by atoms with Crippen molar-refractivity contribution in [2.45, 2.75) is 39.7 Å². The van der Waals surface area contributed by atoms with Crippen LogP contribution in [0.5, 0.6) is 5.75 Å². The lowest BCUT2D eigenvalue weighted by atomic mass is 9.99. The Labute approximate surface area is 195 Å². The molecule has 0 aliphatic carbocycles. The normalized spacial score (nSPS) is 15.2. The number of anilines is 1. The van der Waals surface area contributed by atoms with E-state index in [1.807, 2.05) is 19.1 Å². The second kappa shape index (κ2) is 11.3. The van der Waals surface area contributed by atoms with Crippen LogP contribution in [-0.2, 0) is 6.54 Å². The van der Waals surface area contributed by atoms with Crippen LogP contribution in [0, 0.1) is 12.8 Å². The van der Waals surface area contributed by atoms with E-state index in [1.165, 1.54) is 30.8 Å². The summed E-state index contributed by atoms with van der Waals surface area (Å²) in [5.74, 6) is 1.57. The van der Waals surface area contributed by atoms with E-state index in [-0.39, 0.29) is 0 Å². The van der Waals surface area contributed by atoms with Gasteiger partial charge in [-0.15, -0.1) is 11.3 Å². The number of aryl methyl sites for hydroxylation is 1. The minimum absolute atomic E-state index is 0.689. The lowest BCUT2D eigenvalue weighted by Gasteiger charge is -2.31. The van der Waals surface area contributed by atoms with Crippen molar-refractivity contribution < 1.29 is 4.74 Å². The van der Waals surface area contributed by atoms with Gasteiger partial charge in [-0.2, -0.15) is 0 Å². The summed E-state index contributed by atoms with van der Waals surface area (Å²) in [5, 5.41) is 6.92. The first-order valence-electron chi connectivity index (χ1n) is 10.6. The molecule has 1 fully saturated rings. The number of benzene rings is 1. The van der Waals surface area contributed by atoms with E-state index in [0.29, 0.717) is 10.8 Å². The zero-order valence-corrected chi connectivity index (χ0v) is 20.5. The standard InChI is InChI=1S/C23H32ClN3OS2/c1-17-7-11-26(12-8-17)9-5-10-27(16-19-6-4-13-30-19)23(29)25-21-14-18(2)20(24)15-22(21)28-3/h4,6,13-15,17H,5,7-12,16H2,1-3H3,(H,25,29). The van der Waals surface area contributed by atoms with Gasteiger partial charge < -0.3 is 19.9 Å². The molecule has 3 rings (SSSR count). The number of piperidine rings is 1. The molecule has 2 aromatic rings. The van der Waals surface area contributed by atoms with Crippen LogP contribution in [0.2, 0.25) is 5.02 Å². The van der Waals surface area contributed by atoms with Gasteiger partial charge in [0, 0.05) is 22.5 Å². The van der Waals surface area contributed by atoms with E-state index < -0.39 is 0 Å². The molecule has 0 saturated carbocycles. The van der Waals surface area contributed by atoms with Crippen molar-refractivity contribution in [2.75, 3.05) is 38.6 Å². The molecule has 1 aromatic carbocycles. The molecule has 7 heteroatoms. The molecule has 0 radical (unpaired) electrons. The maximum absolute atomic E-state index is 6.26. The molecule has 164 valence electrons. The summed E-state index contributed by atoms with van der Waals surface area (Å²) >= 11 is 13.8. The molecule has 0 unspecified atom stereocenters. The number of hydrogen-bond acceptors (Lipinski definition) is 4. The minimum atomic E-state index is 0.689. The van der Waals surface area contributed by atoms with Gasteiger partial charge in [0.05, 0.1) is 19.3 Å². The Morgan fingerprint density at radius 2 is 2.13 bits per heavy atom. The average molecular weight is 466 g/mol. The quantitative estimate of drug-likeness (QED) is 0.480. The summed E-state index contributed by atoms with van der Waals surface area (Å²) in [6.45, 7) is 9.64. The third kappa shape index (κ3) is 6.58. The van der Waals surface area contributed by atoms with Gasteiger partial charge in [-0.05, 0) is 87.0 Å². The molecule has 1 aliphatic rings. The van der Waals surface area contributed by atoms with Crippen LogP contribution >= 0.6 is 35.2 Å². The highest BCUT2D eigenvalue weighted by atomic mass is 35.5. The highest BCUT2D eigenvalue weighted by Crippen LogP contribution is 2.31. The monoisotopic (exact) mass is 465 g/mol. The van der Waals surface area contributed by atoms with Crippen molar-refractivity contribution in [3.05, 3.63) is 45.1 Å². The molecule has 1 N–H and O–H groups in total. The number of hydrogen-bond donors (Lipinski definition) is 1. The maximum Gasteiger partial charge on any atom is 0.173 e. The van der Waals surface area contributed by atoms with E-state index in [2.05, 4.69) is 39.6 Å². The predicted octanol–water partition coefficient (Wildman–Crippen LogP) is 6.04. The summed E-state index contributed by atoms with van der Waals surface area (Å²) in [7, 11) is 1.65. The first-order chi connectivity index (χ1) is 14.5. The number of nitrogens with zero attached hydrogens (tertiary/aromatic N) is 2. The van der Waals surface area contributed by atoms with Crippen LogP contribution in [0.25, 0.3) is 0 Å². The molecule has 1 saturated heterocycles. The average Bonchev–Trinajstić information content (AvgIpc) is 3.24. The zero-order valence-electron chi connectivity index (χ0n) is 18.1. The molecular formula is C23H32ClN3OS2. The number of halogens is 1. The number of thiocarbonyl (C=S) groups is 1. The van der Waals surface area contributed by atoms with E-state index in [0.717, 1.165) is 48.3 Å². The van der Waals surface area contributed by atoms with Crippen LogP contribution in [0.15, 0.2) is 29.6 Å². The SMILES string of the molecule is COc1cc(Cl)c(C)cc1NC(=S)N(CCCN1CCC(C)CC1)Cc1cccs1. The van der Waals surface area contributed by atoms with E-state index in [4.69, 9.17) is 28.6 Å². The second-order valence-electron chi connectivity index (χ2n) is 8.11. The molecule has 0 bridgehead atoms. The molecule has 2 heterocycles. The molecule has 1 aromatic heterocycles. The van der Waals surface area contributed by atoms with Crippen LogP contribution in [0.1, 0.15) is 36.6 Å². The summed E-state index contributed by atoms with van der Waals surface area (Å²) in [4.78, 5) is 6.16. The predicted molar refractivity (Wildman–Crippen MR) is 133 cm³/mol. The van der Waals surface area contributed by atoms with Crippen molar-refractivity contribution in [1.29, 1.82) is 0 Å². The Balaban J connectivity index is 1.64. The van der Waals surface area contributed by atoms with Gasteiger partial charge >= 0.3 is 0 Å². The summed E-state index contributed by atoms with van der Waals surface area (Å²) in [5.41, 5.74) is 1.84. The van der Waals surface area contributed by atoms with Crippen molar-refractivity contribution >= 4 is 46.0 Å². The Morgan fingerprint density at radius 1 is 1.37 bits per heavy atom. The maximum atomic E-state index is 6.26. The van der Waals surface area contributed by atoms with E-state index >= 15 is 0 Å². The number of methoxy groups -OCH3 is 1. The van der Waals surface area contributed by atoms with Gasteiger partial charge in [-0.3, -0.25) is 0 Å². The molecule has 0 spiro atoms. The fourth-order valence-electron chi connectivity index (χ4n) is 3.74. The fourth-order valence-corrected chi connectivity index (χ4v) is 4.88. The first-order valence-corrected chi connectivity index (χ1v) is 12.3. The first kappa shape index (κ1) is 23.3. The number of ether oxygens (including phenoxy) is 1. The smallest absolute Gasteiger partial charge is 0.173 e. The number of likely N-dealkylation sites (tertiary alicyclic amines) is 1. The molecule has 30 heavy (non-hydrogen) atoms. The Hall–Kier alpha value is -1.34. The molecule has 0 atom stereocenters. The largest absolute Gasteiger partial charge is 0.495 e. The number of rotatable bonds is 8. The van der Waals surface area contributed by atoms with Crippen LogP contribution < -0.4 is 10.1 Å². The Morgan fingerprint density at radius 3 is 2.80 bits per heavy atom. The van der Waals surface area contributed by atoms with Crippen molar-refractivity contribution in [3.8, 4) is 5.75 Å².